The molecule has 0 spiro atoms. The average Bonchev–Trinajstić information content (AvgIpc) is 3.35. The Morgan fingerprint density at radius 1 is 1.03 bits per heavy atom. The van der Waals surface area contributed by atoms with Crippen molar-refractivity contribution >= 4 is 34.9 Å². The van der Waals surface area contributed by atoms with E-state index in [1.807, 2.05) is 41.3 Å². The molecule has 37 heavy (non-hydrogen) atoms. The van der Waals surface area contributed by atoms with Crippen LogP contribution in [0.3, 0.4) is 0 Å². The molecule has 8 nitrogen and oxygen atoms in total. The van der Waals surface area contributed by atoms with Crippen LogP contribution in [-0.2, 0) is 19.1 Å². The van der Waals surface area contributed by atoms with Crippen LogP contribution in [0.1, 0.15) is 55.1 Å². The summed E-state index contributed by atoms with van der Waals surface area (Å²) in [6, 6.07) is 11.8. The molecule has 2 fully saturated rings. The molecule has 0 radical (unpaired) electrons. The van der Waals surface area contributed by atoms with Gasteiger partial charge in [-0.05, 0) is 76.2 Å². The lowest BCUT2D eigenvalue weighted by Gasteiger charge is -2.40. The van der Waals surface area contributed by atoms with Crippen molar-refractivity contribution in [2.45, 2.75) is 51.5 Å². The second-order valence-corrected chi connectivity index (χ2v) is 11.2. The number of ether oxygens (including phenoxy) is 2. The van der Waals surface area contributed by atoms with Crippen molar-refractivity contribution in [2.75, 3.05) is 38.4 Å². The largest absolute Gasteiger partial charge is 0.427 e. The zero-order valence-electron chi connectivity index (χ0n) is 21.7. The first-order valence-electron chi connectivity index (χ1n) is 13.1. The minimum atomic E-state index is -0.654. The van der Waals surface area contributed by atoms with Crippen molar-refractivity contribution in [1.82, 2.24) is 4.90 Å². The van der Waals surface area contributed by atoms with Crippen LogP contribution in [0.15, 0.2) is 36.4 Å². The highest BCUT2D eigenvalue weighted by molar-refractivity contribution is 7.18. The molecule has 1 amide bonds. The Morgan fingerprint density at radius 2 is 1.70 bits per heavy atom. The minimum absolute atomic E-state index is 0.00268. The number of nitrogens with two attached hydrogens (primary N) is 1. The van der Waals surface area contributed by atoms with Gasteiger partial charge in [0.15, 0.2) is 0 Å². The van der Waals surface area contributed by atoms with Crippen molar-refractivity contribution in [3.05, 3.63) is 41.3 Å². The SMILES string of the molecule is CC1CCC(C(=O)N(c2cc(-c3ccccc3)sc2C(=O)OCOC(=O)CN)C2CCN(C)CC2)CC1. The van der Waals surface area contributed by atoms with Gasteiger partial charge in [-0.15, -0.1) is 11.3 Å². The third-order valence-electron chi connectivity index (χ3n) is 7.45. The number of nitrogens with zero attached hydrogens (tertiary/aromatic N) is 2. The standard InChI is InChI=1S/C28H37N3O5S/c1-19-8-10-21(11-9-19)27(33)31(22-12-14-30(2)15-13-22)23-16-24(20-6-4-3-5-7-20)37-26(23)28(34)36-18-35-25(32)17-29/h3-7,16,19,21-22H,8-15,17-18,29H2,1-2H3. The van der Waals surface area contributed by atoms with E-state index >= 15 is 0 Å². The van der Waals surface area contributed by atoms with Gasteiger partial charge in [0.25, 0.3) is 0 Å². The van der Waals surface area contributed by atoms with E-state index in [1.165, 1.54) is 11.3 Å². The van der Waals surface area contributed by atoms with E-state index in [-0.39, 0.29) is 24.4 Å². The summed E-state index contributed by atoms with van der Waals surface area (Å²) in [5.41, 5.74) is 6.83. The Hall–Kier alpha value is -2.75. The van der Waals surface area contributed by atoms with Gasteiger partial charge in [0.05, 0.1) is 12.2 Å². The van der Waals surface area contributed by atoms with Gasteiger partial charge in [0.1, 0.15) is 4.88 Å². The molecular weight excluding hydrogens is 490 g/mol. The summed E-state index contributed by atoms with van der Waals surface area (Å²) in [6.45, 7) is 3.21. The summed E-state index contributed by atoms with van der Waals surface area (Å²) in [5.74, 6) is -0.588. The highest BCUT2D eigenvalue weighted by atomic mass is 32.1. The lowest BCUT2D eigenvalue weighted by Crippen LogP contribution is -2.49. The van der Waals surface area contributed by atoms with E-state index in [2.05, 4.69) is 18.9 Å². The molecule has 1 aromatic heterocycles. The van der Waals surface area contributed by atoms with E-state index in [1.54, 1.807) is 0 Å². The molecule has 4 rings (SSSR count). The van der Waals surface area contributed by atoms with Gasteiger partial charge < -0.3 is 25.0 Å². The minimum Gasteiger partial charge on any atom is -0.427 e. The maximum Gasteiger partial charge on any atom is 0.353 e. The maximum absolute atomic E-state index is 14.1. The molecule has 2 aromatic rings. The van der Waals surface area contributed by atoms with Crippen LogP contribution in [0.5, 0.6) is 0 Å². The van der Waals surface area contributed by atoms with Crippen LogP contribution in [0.2, 0.25) is 0 Å². The molecule has 200 valence electrons. The number of benzene rings is 1. The van der Waals surface area contributed by atoms with Crippen LogP contribution < -0.4 is 10.6 Å². The average molecular weight is 528 g/mol. The number of esters is 2. The van der Waals surface area contributed by atoms with Crippen LogP contribution in [0, 0.1) is 11.8 Å². The molecule has 0 atom stereocenters. The number of carbonyl (C=O) groups is 3. The van der Waals surface area contributed by atoms with Crippen molar-refractivity contribution in [3.63, 3.8) is 0 Å². The molecular formula is C28H37N3O5S. The fourth-order valence-corrected chi connectivity index (χ4v) is 6.23. The number of piperidine rings is 1. The van der Waals surface area contributed by atoms with Gasteiger partial charge in [-0.1, -0.05) is 37.3 Å². The first kappa shape index (κ1) is 27.3. The van der Waals surface area contributed by atoms with Crippen LogP contribution in [-0.4, -0.2) is 62.3 Å². The quantitative estimate of drug-likeness (QED) is 0.404. The van der Waals surface area contributed by atoms with Crippen molar-refractivity contribution in [3.8, 4) is 10.4 Å². The normalized spacial score (nSPS) is 20.8. The molecule has 0 bridgehead atoms. The molecule has 2 N–H and O–H groups in total. The van der Waals surface area contributed by atoms with Crippen LogP contribution >= 0.6 is 11.3 Å². The van der Waals surface area contributed by atoms with E-state index in [4.69, 9.17) is 15.2 Å². The second kappa shape index (κ2) is 12.7. The second-order valence-electron chi connectivity index (χ2n) is 10.2. The number of likely N-dealkylation sites (tertiary alicyclic amines) is 1. The molecule has 1 aromatic carbocycles. The summed E-state index contributed by atoms with van der Waals surface area (Å²) in [5, 5.41) is 0. The fraction of sp³-hybridized carbons (Fsp3) is 0.536. The molecule has 2 aliphatic rings. The van der Waals surface area contributed by atoms with Gasteiger partial charge in [-0.3, -0.25) is 9.59 Å². The summed E-state index contributed by atoms with van der Waals surface area (Å²) in [7, 11) is 2.09. The van der Waals surface area contributed by atoms with Gasteiger partial charge in [0, 0.05) is 16.8 Å². The van der Waals surface area contributed by atoms with E-state index in [0.29, 0.717) is 16.5 Å². The molecule has 2 heterocycles. The fourth-order valence-electron chi connectivity index (χ4n) is 5.18. The van der Waals surface area contributed by atoms with Crippen LogP contribution in [0.4, 0.5) is 5.69 Å². The maximum atomic E-state index is 14.1. The Kier molecular flexibility index (Phi) is 9.34. The molecule has 0 unspecified atom stereocenters. The Morgan fingerprint density at radius 3 is 2.35 bits per heavy atom. The summed E-state index contributed by atoms with van der Waals surface area (Å²) < 4.78 is 10.2. The molecule has 1 aliphatic carbocycles. The highest BCUT2D eigenvalue weighted by Gasteiger charge is 2.37. The van der Waals surface area contributed by atoms with E-state index in [9.17, 15) is 14.4 Å². The van der Waals surface area contributed by atoms with E-state index in [0.717, 1.165) is 62.1 Å². The highest BCUT2D eigenvalue weighted by Crippen LogP contribution is 2.41. The van der Waals surface area contributed by atoms with Gasteiger partial charge >= 0.3 is 11.9 Å². The molecule has 1 saturated heterocycles. The van der Waals surface area contributed by atoms with Crippen molar-refractivity contribution in [1.29, 1.82) is 0 Å². The van der Waals surface area contributed by atoms with Gasteiger partial charge in [-0.2, -0.15) is 0 Å². The van der Waals surface area contributed by atoms with Crippen molar-refractivity contribution < 1.29 is 23.9 Å². The number of anilines is 1. The molecule has 9 heteroatoms. The lowest BCUT2D eigenvalue weighted by atomic mass is 9.82. The van der Waals surface area contributed by atoms with Crippen molar-refractivity contribution in [2.24, 2.45) is 17.6 Å². The number of thiophene rings is 1. The smallest absolute Gasteiger partial charge is 0.353 e. The zero-order valence-corrected chi connectivity index (χ0v) is 22.5. The number of carbonyl (C=O) groups excluding carboxylic acids is 3. The summed E-state index contributed by atoms with van der Waals surface area (Å²) >= 11 is 1.30. The Bertz CT molecular complexity index is 1070. The molecule has 1 aliphatic heterocycles. The summed E-state index contributed by atoms with van der Waals surface area (Å²) in [6.07, 6.45) is 5.49. The number of hydrogen-bond acceptors (Lipinski definition) is 8. The number of rotatable bonds is 8. The lowest BCUT2D eigenvalue weighted by molar-refractivity contribution is -0.150. The Balaban J connectivity index is 1.70. The first-order chi connectivity index (χ1) is 17.9. The van der Waals surface area contributed by atoms with E-state index < -0.39 is 18.7 Å². The zero-order chi connectivity index (χ0) is 26.4. The Labute approximate surface area is 222 Å². The van der Waals surface area contributed by atoms with Gasteiger partial charge in [-0.25, -0.2) is 4.79 Å². The topological polar surface area (TPSA) is 102 Å². The van der Waals surface area contributed by atoms with Gasteiger partial charge in [0.2, 0.25) is 12.7 Å². The number of amides is 1. The molecule has 1 saturated carbocycles. The predicted octanol–water partition coefficient (Wildman–Crippen LogP) is 4.28. The summed E-state index contributed by atoms with van der Waals surface area (Å²) in [4.78, 5) is 44.2. The monoisotopic (exact) mass is 527 g/mol. The first-order valence-corrected chi connectivity index (χ1v) is 13.9. The van der Waals surface area contributed by atoms with Crippen LogP contribution in [0.25, 0.3) is 10.4 Å². The third kappa shape index (κ3) is 6.77. The third-order valence-corrected chi connectivity index (χ3v) is 8.60. The predicted molar refractivity (Wildman–Crippen MR) is 144 cm³/mol. The number of hydrogen-bond donors (Lipinski definition) is 1.